The number of rotatable bonds is 33. The van der Waals surface area contributed by atoms with E-state index in [2.05, 4.69) is 67.2 Å². The molecule has 0 saturated carbocycles. The second-order valence-electron chi connectivity index (χ2n) is 19.1. The van der Waals surface area contributed by atoms with Crippen LogP contribution in [0.1, 0.15) is 236 Å². The van der Waals surface area contributed by atoms with Crippen LogP contribution in [-0.2, 0) is 19.1 Å². The number of unbranched alkanes of at least 4 members (excludes halogenated alkanes) is 15. The van der Waals surface area contributed by atoms with Gasteiger partial charge in [0.15, 0.2) is 0 Å². The number of piperidine rings is 1. The van der Waals surface area contributed by atoms with Gasteiger partial charge in [-0.05, 0) is 123 Å². The molecule has 0 amide bonds. The number of aliphatic hydroxyl groups is 1. The van der Waals surface area contributed by atoms with Crippen LogP contribution in [0.4, 0.5) is 0 Å². The Labute approximate surface area is 336 Å². The Bertz CT molecular complexity index is 951. The van der Waals surface area contributed by atoms with Gasteiger partial charge in [-0.15, -0.1) is 0 Å². The lowest BCUT2D eigenvalue weighted by atomic mass is 9.58. The summed E-state index contributed by atoms with van der Waals surface area (Å²) >= 11 is 0. The molecule has 0 aromatic heterocycles. The minimum absolute atomic E-state index is 0.00171. The zero-order chi connectivity index (χ0) is 40.5. The molecule has 1 aliphatic rings. The van der Waals surface area contributed by atoms with E-state index < -0.39 is 5.41 Å². The van der Waals surface area contributed by atoms with Gasteiger partial charge in [0.2, 0.25) is 0 Å². The smallest absolute Gasteiger partial charge is 0.312 e. The molecular formula is C48H93NO5. The molecule has 6 heteroatoms. The Hall–Kier alpha value is -1.14. The van der Waals surface area contributed by atoms with Crippen LogP contribution in [0.2, 0.25) is 0 Å². The molecule has 0 spiro atoms. The lowest BCUT2D eigenvalue weighted by Gasteiger charge is -2.51. The van der Waals surface area contributed by atoms with Crippen LogP contribution in [0.25, 0.3) is 0 Å². The van der Waals surface area contributed by atoms with E-state index in [1.54, 1.807) is 0 Å². The maximum absolute atomic E-state index is 14.0. The Kier molecular flexibility index (Phi) is 26.7. The Balaban J connectivity index is 2.57. The molecule has 1 aliphatic heterocycles. The predicted octanol–water partition coefficient (Wildman–Crippen LogP) is 13.4. The van der Waals surface area contributed by atoms with Crippen LogP contribution in [-0.4, -0.2) is 59.4 Å². The molecule has 0 radical (unpaired) electrons. The fourth-order valence-corrected chi connectivity index (χ4v) is 8.47. The Morgan fingerprint density at radius 1 is 0.648 bits per heavy atom. The van der Waals surface area contributed by atoms with Gasteiger partial charge in [0, 0.05) is 12.0 Å². The van der Waals surface area contributed by atoms with Crippen molar-refractivity contribution in [2.45, 2.75) is 254 Å². The van der Waals surface area contributed by atoms with Crippen molar-refractivity contribution in [3.8, 4) is 0 Å². The van der Waals surface area contributed by atoms with Crippen molar-refractivity contribution in [1.82, 2.24) is 4.90 Å². The first kappa shape index (κ1) is 50.9. The molecule has 6 nitrogen and oxygen atoms in total. The van der Waals surface area contributed by atoms with E-state index in [1.807, 2.05) is 6.92 Å². The molecule has 3 atom stereocenters. The predicted molar refractivity (Wildman–Crippen MR) is 230 cm³/mol. The molecule has 3 unspecified atom stereocenters. The molecule has 54 heavy (non-hydrogen) atoms. The minimum atomic E-state index is -0.591. The van der Waals surface area contributed by atoms with Gasteiger partial charge in [-0.1, -0.05) is 137 Å². The maximum Gasteiger partial charge on any atom is 0.312 e. The highest BCUT2D eigenvalue weighted by Gasteiger charge is 2.50. The lowest BCUT2D eigenvalue weighted by molar-refractivity contribution is -0.171. The summed E-state index contributed by atoms with van der Waals surface area (Å²) in [5, 5.41) is 10.4. The maximum atomic E-state index is 14.0. The summed E-state index contributed by atoms with van der Waals surface area (Å²) in [6.07, 6.45) is 29.4. The molecule has 1 heterocycles. The fourth-order valence-electron chi connectivity index (χ4n) is 8.47. The third-order valence-electron chi connectivity index (χ3n) is 13.9. The molecule has 0 aliphatic carbocycles. The third-order valence-corrected chi connectivity index (χ3v) is 13.9. The van der Waals surface area contributed by atoms with Gasteiger partial charge in [-0.25, -0.2) is 0 Å². The molecule has 1 N–H and O–H groups in total. The van der Waals surface area contributed by atoms with Crippen molar-refractivity contribution in [1.29, 1.82) is 0 Å². The van der Waals surface area contributed by atoms with Gasteiger partial charge in [0.25, 0.3) is 0 Å². The summed E-state index contributed by atoms with van der Waals surface area (Å²) in [4.78, 5) is 29.0. The second kappa shape index (κ2) is 28.3. The SMILES string of the molecule is CCCCCCCCCC(CCCCCCCCOC(=O)CC(CCCC)CCCCCC)OC(=O)C(C)(C)C(C)(C)C1CCN(C(C)(C)C(C)O)CC1. The van der Waals surface area contributed by atoms with Crippen molar-refractivity contribution in [3.05, 3.63) is 0 Å². The first-order chi connectivity index (χ1) is 25.6. The number of carbonyl (C=O) groups is 2. The van der Waals surface area contributed by atoms with E-state index in [4.69, 9.17) is 9.47 Å². The van der Waals surface area contributed by atoms with Gasteiger partial charge >= 0.3 is 11.9 Å². The van der Waals surface area contributed by atoms with Gasteiger partial charge in [-0.2, -0.15) is 0 Å². The lowest BCUT2D eigenvalue weighted by Crippen LogP contribution is -2.56. The first-order valence-corrected chi connectivity index (χ1v) is 23.4. The highest BCUT2D eigenvalue weighted by molar-refractivity contribution is 5.77. The van der Waals surface area contributed by atoms with Crippen molar-refractivity contribution < 1.29 is 24.2 Å². The summed E-state index contributed by atoms with van der Waals surface area (Å²) in [6, 6.07) is 0. The average Bonchev–Trinajstić information content (AvgIpc) is 3.13. The number of hydrogen-bond acceptors (Lipinski definition) is 6. The van der Waals surface area contributed by atoms with Crippen LogP contribution < -0.4 is 0 Å². The largest absolute Gasteiger partial charge is 0.466 e. The second-order valence-corrected chi connectivity index (χ2v) is 19.1. The van der Waals surface area contributed by atoms with E-state index in [0.717, 1.165) is 90.1 Å². The van der Waals surface area contributed by atoms with Crippen LogP contribution in [0, 0.1) is 22.7 Å². The number of carbonyl (C=O) groups excluding carboxylic acids is 2. The summed E-state index contributed by atoms with van der Waals surface area (Å²) in [5.41, 5.74) is -1.03. The third kappa shape index (κ3) is 19.3. The molecule has 320 valence electrons. The van der Waals surface area contributed by atoms with E-state index in [0.29, 0.717) is 24.9 Å². The number of ether oxygens (including phenoxy) is 2. The molecular weight excluding hydrogens is 671 g/mol. The number of hydrogen-bond donors (Lipinski definition) is 1. The van der Waals surface area contributed by atoms with E-state index in [9.17, 15) is 14.7 Å². The summed E-state index contributed by atoms with van der Waals surface area (Å²) in [7, 11) is 0. The van der Waals surface area contributed by atoms with E-state index >= 15 is 0 Å². The molecule has 0 aromatic carbocycles. The van der Waals surface area contributed by atoms with Crippen molar-refractivity contribution in [2.75, 3.05) is 19.7 Å². The zero-order valence-corrected chi connectivity index (χ0v) is 37.8. The minimum Gasteiger partial charge on any atom is -0.466 e. The Morgan fingerprint density at radius 3 is 1.61 bits per heavy atom. The molecule has 0 bridgehead atoms. The van der Waals surface area contributed by atoms with E-state index in [1.165, 1.54) is 83.5 Å². The van der Waals surface area contributed by atoms with Gasteiger partial charge in [0.05, 0.1) is 18.1 Å². The highest BCUT2D eigenvalue weighted by atomic mass is 16.5. The zero-order valence-electron chi connectivity index (χ0n) is 37.8. The van der Waals surface area contributed by atoms with Crippen molar-refractivity contribution in [2.24, 2.45) is 22.7 Å². The molecule has 1 saturated heterocycles. The van der Waals surface area contributed by atoms with Gasteiger partial charge < -0.3 is 14.6 Å². The average molecular weight is 764 g/mol. The summed E-state index contributed by atoms with van der Waals surface area (Å²) in [5.74, 6) is 0.880. The van der Waals surface area contributed by atoms with Crippen molar-refractivity contribution >= 4 is 11.9 Å². The van der Waals surface area contributed by atoms with Crippen LogP contribution in [0.3, 0.4) is 0 Å². The topological polar surface area (TPSA) is 76.1 Å². The highest BCUT2D eigenvalue weighted by Crippen LogP contribution is 2.49. The monoisotopic (exact) mass is 764 g/mol. The normalized spacial score (nSPS) is 16.6. The Morgan fingerprint density at radius 2 is 1.09 bits per heavy atom. The molecule has 1 fully saturated rings. The quantitative estimate of drug-likeness (QED) is 0.0530. The summed E-state index contributed by atoms with van der Waals surface area (Å²) < 4.78 is 12.1. The summed E-state index contributed by atoms with van der Waals surface area (Å²) in [6.45, 7) is 24.1. The fraction of sp³-hybridized carbons (Fsp3) is 0.958. The van der Waals surface area contributed by atoms with Crippen molar-refractivity contribution in [3.63, 3.8) is 0 Å². The van der Waals surface area contributed by atoms with Crippen LogP contribution >= 0.6 is 0 Å². The number of esters is 2. The standard InChI is InChI=1S/C48H93NO5/c1-11-14-17-19-20-23-27-32-43(54-45(52)47(7,8)46(5,6)42-34-36-49(37-35-42)48(9,10)40(4)50)33-28-24-21-22-25-29-38-53-44(51)39-41(30-16-13-3)31-26-18-15-12-2/h40-43,50H,11-39H2,1-10H3. The molecule has 0 aromatic rings. The number of nitrogens with zero attached hydrogens (tertiary/aromatic N) is 1. The van der Waals surface area contributed by atoms with Crippen LogP contribution in [0.15, 0.2) is 0 Å². The van der Waals surface area contributed by atoms with Gasteiger partial charge in [-0.3, -0.25) is 14.5 Å². The number of likely N-dealkylation sites (tertiary alicyclic amines) is 1. The molecule has 1 rings (SSSR count). The first-order valence-electron chi connectivity index (χ1n) is 23.4. The number of aliphatic hydroxyl groups excluding tert-OH is 1. The van der Waals surface area contributed by atoms with E-state index in [-0.39, 0.29) is 35.1 Å². The van der Waals surface area contributed by atoms with Crippen LogP contribution in [0.5, 0.6) is 0 Å². The van der Waals surface area contributed by atoms with Gasteiger partial charge in [0.1, 0.15) is 6.10 Å².